The first-order valence-corrected chi connectivity index (χ1v) is 6.70. The topological polar surface area (TPSA) is 50.7 Å². The zero-order valence-electron chi connectivity index (χ0n) is 12.2. The molecule has 0 aliphatic rings. The van der Waals surface area contributed by atoms with Gasteiger partial charge in [-0.15, -0.1) is 0 Å². The average molecular weight is 267 g/mol. The van der Waals surface area contributed by atoms with Gasteiger partial charge in [-0.2, -0.15) is 0 Å². The molecule has 1 aromatic carbocycles. The summed E-state index contributed by atoms with van der Waals surface area (Å²) in [5.41, 5.74) is 1.11. The number of hydrogen-bond acceptors (Lipinski definition) is 4. The van der Waals surface area contributed by atoms with E-state index in [-0.39, 0.29) is 6.10 Å². The second-order valence-corrected chi connectivity index (χ2v) is 4.97. The molecule has 4 heteroatoms. The van der Waals surface area contributed by atoms with Gasteiger partial charge in [-0.3, -0.25) is 0 Å². The Hall–Kier alpha value is -1.10. The summed E-state index contributed by atoms with van der Waals surface area (Å²) in [6.45, 7) is 6.92. The van der Waals surface area contributed by atoms with Crippen molar-refractivity contribution in [2.45, 2.75) is 39.0 Å². The van der Waals surface area contributed by atoms with E-state index in [0.717, 1.165) is 11.3 Å². The zero-order valence-corrected chi connectivity index (χ0v) is 12.2. The number of benzene rings is 1. The van der Waals surface area contributed by atoms with E-state index in [2.05, 4.69) is 5.32 Å². The molecule has 19 heavy (non-hydrogen) atoms. The van der Waals surface area contributed by atoms with Crippen molar-refractivity contribution in [1.82, 2.24) is 5.32 Å². The fraction of sp³-hybridized carbons (Fsp3) is 0.600. The molecule has 1 aromatic rings. The molecule has 2 unspecified atom stereocenters. The number of rotatable bonds is 8. The Labute approximate surface area is 115 Å². The van der Waals surface area contributed by atoms with Crippen molar-refractivity contribution in [3.63, 3.8) is 0 Å². The minimum Gasteiger partial charge on any atom is -0.491 e. The van der Waals surface area contributed by atoms with Gasteiger partial charge in [0.2, 0.25) is 0 Å². The van der Waals surface area contributed by atoms with Gasteiger partial charge in [0.1, 0.15) is 18.5 Å². The Balaban J connectivity index is 2.37. The standard InChI is InChI=1S/C15H25NO3/c1-11(2)16-9-14(17)10-19-15-7-5-13(6-8-15)12(3)18-4/h5-8,11-12,14,16-17H,9-10H2,1-4H3. The molecule has 0 bridgehead atoms. The molecule has 4 nitrogen and oxygen atoms in total. The van der Waals surface area contributed by atoms with Crippen LogP contribution in [-0.2, 0) is 4.74 Å². The molecule has 0 aromatic heterocycles. The quantitative estimate of drug-likeness (QED) is 0.757. The zero-order chi connectivity index (χ0) is 14.3. The van der Waals surface area contributed by atoms with Gasteiger partial charge < -0.3 is 19.9 Å². The van der Waals surface area contributed by atoms with Gasteiger partial charge in [0.05, 0.1) is 6.10 Å². The monoisotopic (exact) mass is 267 g/mol. The Morgan fingerprint density at radius 1 is 1.16 bits per heavy atom. The normalized spacial score (nSPS) is 14.4. The fourth-order valence-electron chi connectivity index (χ4n) is 1.59. The lowest BCUT2D eigenvalue weighted by molar-refractivity contribution is 0.104. The Bertz CT molecular complexity index is 351. The van der Waals surface area contributed by atoms with Crippen molar-refractivity contribution >= 4 is 0 Å². The van der Waals surface area contributed by atoms with Crippen LogP contribution in [-0.4, -0.2) is 37.5 Å². The Morgan fingerprint density at radius 3 is 2.32 bits per heavy atom. The smallest absolute Gasteiger partial charge is 0.119 e. The molecule has 108 valence electrons. The van der Waals surface area contributed by atoms with Crippen molar-refractivity contribution in [2.75, 3.05) is 20.3 Å². The highest BCUT2D eigenvalue weighted by molar-refractivity contribution is 5.28. The SMILES string of the molecule is COC(C)c1ccc(OCC(O)CNC(C)C)cc1. The maximum Gasteiger partial charge on any atom is 0.119 e. The van der Waals surface area contributed by atoms with Crippen molar-refractivity contribution in [2.24, 2.45) is 0 Å². The summed E-state index contributed by atoms with van der Waals surface area (Å²) in [6.07, 6.45) is -0.421. The molecule has 0 spiro atoms. The lowest BCUT2D eigenvalue weighted by atomic mass is 10.1. The van der Waals surface area contributed by atoms with E-state index in [1.54, 1.807) is 7.11 Å². The molecular weight excluding hydrogens is 242 g/mol. The number of aliphatic hydroxyl groups is 1. The Morgan fingerprint density at radius 2 is 1.79 bits per heavy atom. The lowest BCUT2D eigenvalue weighted by Gasteiger charge is -2.15. The number of nitrogens with one attached hydrogen (secondary N) is 1. The maximum atomic E-state index is 9.73. The summed E-state index contributed by atoms with van der Waals surface area (Å²) in [7, 11) is 1.69. The molecule has 0 heterocycles. The van der Waals surface area contributed by atoms with Crippen LogP contribution < -0.4 is 10.1 Å². The molecule has 0 saturated carbocycles. The van der Waals surface area contributed by atoms with Gasteiger partial charge in [-0.1, -0.05) is 26.0 Å². The third-order valence-electron chi connectivity index (χ3n) is 2.91. The first kappa shape index (κ1) is 16.0. The van der Waals surface area contributed by atoms with Gasteiger partial charge in [-0.25, -0.2) is 0 Å². The molecular formula is C15H25NO3. The maximum absolute atomic E-state index is 9.73. The second-order valence-electron chi connectivity index (χ2n) is 4.97. The van der Waals surface area contributed by atoms with E-state index in [1.165, 1.54) is 0 Å². The van der Waals surface area contributed by atoms with Crippen molar-refractivity contribution in [3.05, 3.63) is 29.8 Å². The van der Waals surface area contributed by atoms with Gasteiger partial charge in [0, 0.05) is 19.7 Å². The van der Waals surface area contributed by atoms with Crippen LogP contribution in [0, 0.1) is 0 Å². The predicted molar refractivity (Wildman–Crippen MR) is 76.5 cm³/mol. The molecule has 1 rings (SSSR count). The largest absolute Gasteiger partial charge is 0.491 e. The van der Waals surface area contributed by atoms with E-state index in [4.69, 9.17) is 9.47 Å². The van der Waals surface area contributed by atoms with Gasteiger partial charge in [0.15, 0.2) is 0 Å². The van der Waals surface area contributed by atoms with E-state index < -0.39 is 6.10 Å². The van der Waals surface area contributed by atoms with E-state index in [1.807, 2.05) is 45.0 Å². The van der Waals surface area contributed by atoms with Crippen LogP contribution in [0.2, 0.25) is 0 Å². The summed E-state index contributed by atoms with van der Waals surface area (Å²) in [6, 6.07) is 8.11. The molecule has 2 atom stereocenters. The van der Waals surface area contributed by atoms with Crippen LogP contribution in [0.3, 0.4) is 0 Å². The first-order valence-electron chi connectivity index (χ1n) is 6.70. The van der Waals surface area contributed by atoms with Gasteiger partial charge >= 0.3 is 0 Å². The van der Waals surface area contributed by atoms with E-state index in [0.29, 0.717) is 19.2 Å². The van der Waals surface area contributed by atoms with Crippen LogP contribution in [0.15, 0.2) is 24.3 Å². The molecule has 0 fully saturated rings. The second kappa shape index (κ2) is 8.15. The average Bonchev–Trinajstić information content (AvgIpc) is 2.42. The lowest BCUT2D eigenvalue weighted by Crippen LogP contribution is -2.35. The molecule has 2 N–H and O–H groups in total. The summed E-state index contributed by atoms with van der Waals surface area (Å²) < 4.78 is 10.8. The first-order chi connectivity index (χ1) is 9.02. The number of aliphatic hydroxyl groups excluding tert-OH is 1. The van der Waals surface area contributed by atoms with E-state index >= 15 is 0 Å². The summed E-state index contributed by atoms with van der Waals surface area (Å²) in [5.74, 6) is 0.760. The molecule has 0 amide bonds. The number of methoxy groups -OCH3 is 1. The summed E-state index contributed by atoms with van der Waals surface area (Å²) in [4.78, 5) is 0. The van der Waals surface area contributed by atoms with Crippen LogP contribution in [0.1, 0.15) is 32.4 Å². The highest BCUT2D eigenvalue weighted by Gasteiger charge is 2.07. The summed E-state index contributed by atoms with van der Waals surface area (Å²) >= 11 is 0. The van der Waals surface area contributed by atoms with Crippen LogP contribution in [0.25, 0.3) is 0 Å². The summed E-state index contributed by atoms with van der Waals surface area (Å²) in [5, 5.41) is 12.9. The van der Waals surface area contributed by atoms with E-state index in [9.17, 15) is 5.11 Å². The molecule has 0 saturated heterocycles. The molecule has 0 aliphatic carbocycles. The van der Waals surface area contributed by atoms with Crippen molar-refractivity contribution < 1.29 is 14.6 Å². The van der Waals surface area contributed by atoms with Gasteiger partial charge in [0.25, 0.3) is 0 Å². The number of hydrogen-bond donors (Lipinski definition) is 2. The predicted octanol–water partition coefficient (Wildman–Crippen LogP) is 2.13. The fourth-order valence-corrected chi connectivity index (χ4v) is 1.59. The van der Waals surface area contributed by atoms with Crippen LogP contribution >= 0.6 is 0 Å². The third kappa shape index (κ3) is 6.05. The van der Waals surface area contributed by atoms with Crippen molar-refractivity contribution in [3.8, 4) is 5.75 Å². The van der Waals surface area contributed by atoms with Gasteiger partial charge in [-0.05, 0) is 24.6 Å². The highest BCUT2D eigenvalue weighted by atomic mass is 16.5. The van der Waals surface area contributed by atoms with Crippen LogP contribution in [0.4, 0.5) is 0 Å². The molecule has 0 radical (unpaired) electrons. The highest BCUT2D eigenvalue weighted by Crippen LogP contribution is 2.19. The Kier molecular flexibility index (Phi) is 6.84. The third-order valence-corrected chi connectivity index (χ3v) is 2.91. The van der Waals surface area contributed by atoms with Crippen LogP contribution in [0.5, 0.6) is 5.75 Å². The molecule has 0 aliphatic heterocycles. The minimum atomic E-state index is -0.500. The minimum absolute atomic E-state index is 0.0786. The van der Waals surface area contributed by atoms with Crippen molar-refractivity contribution in [1.29, 1.82) is 0 Å². The number of ether oxygens (including phenoxy) is 2.